The first kappa shape index (κ1) is 36.5. The maximum absolute atomic E-state index is 15.2. The third-order valence-corrected chi connectivity index (χ3v) is 9.56. The van der Waals surface area contributed by atoms with Crippen molar-refractivity contribution in [3.63, 3.8) is 0 Å². The van der Waals surface area contributed by atoms with Crippen LogP contribution in [0.25, 0.3) is 6.08 Å². The number of hydrogen-bond donors (Lipinski definition) is 3. The van der Waals surface area contributed by atoms with Crippen LogP contribution in [0.15, 0.2) is 54.5 Å². The van der Waals surface area contributed by atoms with E-state index in [1.54, 1.807) is 35.2 Å². The summed E-state index contributed by atoms with van der Waals surface area (Å²) in [6.07, 6.45) is 7.68. The average Bonchev–Trinajstić information content (AvgIpc) is 3.69. The van der Waals surface area contributed by atoms with Gasteiger partial charge in [0.25, 0.3) is 17.7 Å². The van der Waals surface area contributed by atoms with Gasteiger partial charge in [0, 0.05) is 50.6 Å². The number of likely N-dealkylation sites (N-methyl/N-ethyl adjacent to an activating group) is 1. The van der Waals surface area contributed by atoms with Crippen LogP contribution in [-0.2, 0) is 26.9 Å². The van der Waals surface area contributed by atoms with Crippen molar-refractivity contribution in [3.8, 4) is 5.88 Å². The SMILES string of the molecule is COc1ccc(C(F)(F)C(=O)N[C@H](C(=O)NCc2ccc(/C=C(/NC(=O)c3cnns3)C(=O)N3CCN(C)CC3)cc2)C2CCCCC2)cn1. The number of carbonyl (C=O) groups is 4. The van der Waals surface area contributed by atoms with E-state index < -0.39 is 35.2 Å². The third kappa shape index (κ3) is 9.24. The minimum atomic E-state index is -3.92. The molecule has 5 rings (SSSR count). The Bertz CT molecular complexity index is 1660. The lowest BCUT2D eigenvalue weighted by molar-refractivity contribution is -0.150. The maximum atomic E-state index is 15.2. The number of aromatic nitrogens is 3. The first-order valence-electron chi connectivity index (χ1n) is 16.4. The molecule has 13 nitrogen and oxygen atoms in total. The number of amides is 4. The molecule has 1 aliphatic carbocycles. The van der Waals surface area contributed by atoms with E-state index in [0.717, 1.165) is 43.1 Å². The fourth-order valence-corrected chi connectivity index (χ4v) is 6.30. The van der Waals surface area contributed by atoms with Crippen molar-refractivity contribution in [2.45, 2.75) is 50.6 Å². The lowest BCUT2D eigenvalue weighted by Crippen LogP contribution is -2.54. The predicted octanol–water partition coefficient (Wildman–Crippen LogP) is 2.96. The number of carbonyl (C=O) groups excluding carboxylic acids is 4. The number of nitrogens with one attached hydrogen (secondary N) is 3. The van der Waals surface area contributed by atoms with Crippen LogP contribution in [0.4, 0.5) is 8.78 Å². The van der Waals surface area contributed by atoms with Crippen LogP contribution in [0.5, 0.6) is 5.88 Å². The molecule has 0 unspecified atom stereocenters. The number of hydrogen-bond acceptors (Lipinski definition) is 10. The zero-order valence-corrected chi connectivity index (χ0v) is 28.7. The maximum Gasteiger partial charge on any atom is 0.351 e. The first-order chi connectivity index (χ1) is 24.0. The van der Waals surface area contributed by atoms with Crippen LogP contribution in [0.2, 0.25) is 0 Å². The highest BCUT2D eigenvalue weighted by molar-refractivity contribution is 7.07. The van der Waals surface area contributed by atoms with Gasteiger partial charge in [-0.25, -0.2) is 4.98 Å². The largest absolute Gasteiger partial charge is 0.481 e. The summed E-state index contributed by atoms with van der Waals surface area (Å²) in [5.74, 6) is -7.03. The lowest BCUT2D eigenvalue weighted by atomic mass is 9.83. The topological polar surface area (TPSA) is 159 Å². The minimum Gasteiger partial charge on any atom is -0.481 e. The molecule has 16 heteroatoms. The summed E-state index contributed by atoms with van der Waals surface area (Å²) in [6, 6.07) is 8.13. The van der Waals surface area contributed by atoms with Crippen LogP contribution >= 0.6 is 11.5 Å². The Hall–Kier alpha value is -4.83. The van der Waals surface area contributed by atoms with Crippen molar-refractivity contribution >= 4 is 41.2 Å². The Balaban J connectivity index is 1.26. The van der Waals surface area contributed by atoms with Gasteiger partial charge in [0.05, 0.1) is 13.3 Å². The Kier molecular flexibility index (Phi) is 12.2. The van der Waals surface area contributed by atoms with E-state index in [-0.39, 0.29) is 34.8 Å². The normalized spacial score (nSPS) is 16.7. The quantitative estimate of drug-likeness (QED) is 0.241. The molecule has 1 aromatic carbocycles. The Morgan fingerprint density at radius 2 is 1.74 bits per heavy atom. The minimum absolute atomic E-state index is 0.0723. The molecule has 50 heavy (non-hydrogen) atoms. The molecule has 2 aliphatic rings. The molecule has 0 bridgehead atoms. The van der Waals surface area contributed by atoms with Gasteiger partial charge in [-0.15, -0.1) is 5.10 Å². The van der Waals surface area contributed by atoms with Crippen molar-refractivity contribution in [3.05, 3.63) is 76.1 Å². The highest BCUT2D eigenvalue weighted by Crippen LogP contribution is 2.31. The number of pyridine rings is 1. The van der Waals surface area contributed by atoms with Gasteiger partial charge in [-0.2, -0.15) is 8.78 Å². The van der Waals surface area contributed by atoms with E-state index in [1.807, 2.05) is 7.05 Å². The van der Waals surface area contributed by atoms with Crippen molar-refractivity contribution < 1.29 is 32.7 Å². The van der Waals surface area contributed by atoms with Crippen LogP contribution in [0.1, 0.15) is 58.5 Å². The van der Waals surface area contributed by atoms with Gasteiger partial charge in [0.2, 0.25) is 11.8 Å². The summed E-state index contributed by atoms with van der Waals surface area (Å²) >= 11 is 0.918. The van der Waals surface area contributed by atoms with Crippen LogP contribution < -0.4 is 20.7 Å². The van der Waals surface area contributed by atoms with Gasteiger partial charge in [0.15, 0.2) is 0 Å². The second-order valence-electron chi connectivity index (χ2n) is 12.4. The number of piperazine rings is 1. The molecule has 2 fully saturated rings. The molecule has 0 spiro atoms. The van der Waals surface area contributed by atoms with E-state index in [1.165, 1.54) is 19.4 Å². The van der Waals surface area contributed by atoms with Crippen LogP contribution in [0.3, 0.4) is 0 Å². The van der Waals surface area contributed by atoms with Crippen LogP contribution in [-0.4, -0.2) is 94.4 Å². The number of alkyl halides is 2. The summed E-state index contributed by atoms with van der Waals surface area (Å²) in [5, 5.41) is 11.5. The molecule has 1 atom stereocenters. The molecule has 1 saturated heterocycles. The number of rotatable bonds is 12. The van der Waals surface area contributed by atoms with Crippen molar-refractivity contribution in [2.24, 2.45) is 5.92 Å². The fraction of sp³-hybridized carbons (Fsp3) is 0.441. The van der Waals surface area contributed by atoms with Gasteiger partial charge in [-0.05, 0) is 60.6 Å². The van der Waals surface area contributed by atoms with E-state index >= 15 is 8.78 Å². The number of benzene rings is 1. The molecule has 1 aliphatic heterocycles. The second kappa shape index (κ2) is 16.7. The molecule has 266 valence electrons. The predicted molar refractivity (Wildman–Crippen MR) is 181 cm³/mol. The molecular formula is C34H40F2N8O5S. The first-order valence-corrected chi connectivity index (χ1v) is 17.2. The number of nitrogens with zero attached hydrogens (tertiary/aromatic N) is 5. The van der Waals surface area contributed by atoms with Crippen LogP contribution in [0, 0.1) is 5.92 Å². The molecule has 4 amide bonds. The van der Waals surface area contributed by atoms with Gasteiger partial charge in [-0.3, -0.25) is 19.2 Å². The molecular weight excluding hydrogens is 670 g/mol. The highest BCUT2D eigenvalue weighted by Gasteiger charge is 2.44. The third-order valence-electron chi connectivity index (χ3n) is 8.90. The summed E-state index contributed by atoms with van der Waals surface area (Å²) in [6.45, 7) is 2.52. The molecule has 3 aromatic rings. The average molecular weight is 711 g/mol. The lowest BCUT2D eigenvalue weighted by Gasteiger charge is -2.33. The zero-order valence-electron chi connectivity index (χ0n) is 27.9. The van der Waals surface area contributed by atoms with Gasteiger partial charge in [-0.1, -0.05) is 48.0 Å². The molecule has 3 heterocycles. The summed E-state index contributed by atoms with van der Waals surface area (Å²) in [7, 11) is 3.33. The molecule has 0 radical (unpaired) electrons. The van der Waals surface area contributed by atoms with E-state index in [2.05, 4.69) is 35.4 Å². The fourth-order valence-electron chi connectivity index (χ4n) is 5.89. The smallest absolute Gasteiger partial charge is 0.351 e. The number of halogens is 2. The summed E-state index contributed by atoms with van der Waals surface area (Å²) in [5.41, 5.74) is 0.817. The highest BCUT2D eigenvalue weighted by atomic mass is 32.1. The zero-order chi connectivity index (χ0) is 35.7. The Morgan fingerprint density at radius 3 is 2.36 bits per heavy atom. The van der Waals surface area contributed by atoms with E-state index in [9.17, 15) is 19.2 Å². The summed E-state index contributed by atoms with van der Waals surface area (Å²) < 4.78 is 39.0. The van der Waals surface area contributed by atoms with Crippen molar-refractivity contribution in [1.29, 1.82) is 0 Å². The molecule has 3 N–H and O–H groups in total. The van der Waals surface area contributed by atoms with E-state index in [0.29, 0.717) is 50.1 Å². The summed E-state index contributed by atoms with van der Waals surface area (Å²) in [4.78, 5) is 60.5. The molecule has 1 saturated carbocycles. The molecule has 2 aromatic heterocycles. The Morgan fingerprint density at radius 1 is 1.02 bits per heavy atom. The monoisotopic (exact) mass is 710 g/mol. The van der Waals surface area contributed by atoms with Crippen molar-refractivity contribution in [1.82, 2.24) is 40.3 Å². The standard InChI is InChI=1S/C34H40F2N8O5S/c1-43-14-16-44(17-15-43)32(47)26(40-30(45)27-21-39-42-50-27)18-22-8-10-23(11-9-22)19-38-31(46)29(24-6-4-3-5-7-24)41-33(48)34(35,36)25-12-13-28(49-2)37-20-25/h8-13,18,20-21,24,29H,3-7,14-17,19H2,1-2H3,(H,38,46)(H,40,45)(H,41,48)/b26-18+/t29-/m0/s1. The second-order valence-corrected chi connectivity index (χ2v) is 13.1. The van der Waals surface area contributed by atoms with Gasteiger partial charge < -0.3 is 30.5 Å². The van der Waals surface area contributed by atoms with Crippen molar-refractivity contribution in [2.75, 3.05) is 40.3 Å². The van der Waals surface area contributed by atoms with Gasteiger partial charge >= 0.3 is 5.92 Å². The van der Waals surface area contributed by atoms with E-state index in [4.69, 9.17) is 4.74 Å². The van der Waals surface area contributed by atoms with Gasteiger partial charge in [0.1, 0.15) is 16.6 Å². The number of methoxy groups -OCH3 is 1. The number of ether oxygens (including phenoxy) is 1. The Labute approximate surface area is 292 Å².